The zero-order valence-corrected chi connectivity index (χ0v) is 14.8. The molecule has 1 amide bonds. The fourth-order valence-corrected chi connectivity index (χ4v) is 2.57. The van der Waals surface area contributed by atoms with E-state index in [9.17, 15) is 9.90 Å². The molecule has 0 spiro atoms. The predicted octanol–water partition coefficient (Wildman–Crippen LogP) is 3.78. The minimum atomic E-state index is -0.442. The first-order chi connectivity index (χ1) is 12.2. The number of hydrazone groups is 1. The van der Waals surface area contributed by atoms with Crippen LogP contribution >= 0.6 is 0 Å². The zero-order chi connectivity index (χ0) is 18.1. The Morgan fingerprint density at radius 3 is 2.32 bits per heavy atom. The van der Waals surface area contributed by atoms with Gasteiger partial charge in [0.2, 0.25) is 0 Å². The Balaban J connectivity index is 1.97. The number of phenolic OH excluding ortho intramolecular Hbond substituents is 1. The molecule has 0 atom stereocenters. The molecular weight excluding hydrogens is 314 g/mol. The van der Waals surface area contributed by atoms with Gasteiger partial charge in [-0.1, -0.05) is 38.1 Å². The van der Waals surface area contributed by atoms with Crippen LogP contribution in [0, 0.1) is 0 Å². The van der Waals surface area contributed by atoms with Gasteiger partial charge in [-0.05, 0) is 42.7 Å². The number of rotatable bonds is 8. The molecule has 2 aromatic rings. The second kappa shape index (κ2) is 9.47. The Bertz CT molecular complexity index is 705. The summed E-state index contributed by atoms with van der Waals surface area (Å²) in [7, 11) is 0. The highest BCUT2D eigenvalue weighted by Crippen LogP contribution is 2.16. The van der Waals surface area contributed by atoms with Crippen LogP contribution in [-0.4, -0.2) is 30.3 Å². The van der Waals surface area contributed by atoms with E-state index in [1.165, 1.54) is 11.8 Å². The topological polar surface area (TPSA) is 64.9 Å². The Labute approximate surface area is 149 Å². The van der Waals surface area contributed by atoms with Gasteiger partial charge in [0.05, 0.1) is 11.8 Å². The van der Waals surface area contributed by atoms with Gasteiger partial charge < -0.3 is 10.0 Å². The fourth-order valence-electron chi connectivity index (χ4n) is 2.57. The third-order valence-corrected chi connectivity index (χ3v) is 3.77. The molecule has 0 fully saturated rings. The number of anilines is 1. The summed E-state index contributed by atoms with van der Waals surface area (Å²) in [5.41, 5.74) is 4.72. The number of carbonyl (C=O) groups excluding carboxylic acids is 1. The van der Waals surface area contributed by atoms with Crippen LogP contribution in [0.15, 0.2) is 53.6 Å². The van der Waals surface area contributed by atoms with Gasteiger partial charge in [-0.15, -0.1) is 0 Å². The maximum Gasteiger partial charge on any atom is 0.275 e. The van der Waals surface area contributed by atoms with Crippen LogP contribution in [-0.2, 0) is 0 Å². The van der Waals surface area contributed by atoms with Crippen molar-refractivity contribution in [3.8, 4) is 5.75 Å². The first kappa shape index (κ1) is 18.5. The van der Waals surface area contributed by atoms with Crippen LogP contribution in [0.5, 0.6) is 5.75 Å². The summed E-state index contributed by atoms with van der Waals surface area (Å²) >= 11 is 0. The molecule has 2 aromatic carbocycles. The number of hydrogen-bond acceptors (Lipinski definition) is 4. The molecule has 0 heterocycles. The molecule has 0 radical (unpaired) electrons. The van der Waals surface area contributed by atoms with Gasteiger partial charge in [-0.25, -0.2) is 5.43 Å². The molecule has 0 saturated heterocycles. The van der Waals surface area contributed by atoms with Gasteiger partial charge in [-0.3, -0.25) is 4.79 Å². The van der Waals surface area contributed by atoms with E-state index in [2.05, 4.69) is 41.4 Å². The van der Waals surface area contributed by atoms with Crippen LogP contribution in [0.2, 0.25) is 0 Å². The summed E-state index contributed by atoms with van der Waals surface area (Å²) in [5.74, 6) is -0.505. The number of hydrogen-bond donors (Lipinski definition) is 2. The second-order valence-corrected chi connectivity index (χ2v) is 5.79. The number of phenols is 1. The number of nitrogens with one attached hydrogen (secondary N) is 1. The van der Waals surface area contributed by atoms with Crippen molar-refractivity contribution >= 4 is 17.8 Å². The van der Waals surface area contributed by atoms with Crippen LogP contribution in [0.1, 0.15) is 42.6 Å². The number of aromatic hydroxyl groups is 1. The van der Waals surface area contributed by atoms with Crippen LogP contribution in [0.4, 0.5) is 5.69 Å². The average molecular weight is 339 g/mol. The average Bonchev–Trinajstić information content (AvgIpc) is 2.62. The SMILES string of the molecule is CCCN(CCC)c1ccc(/C=N\NC(=O)c2ccccc2O)cc1. The van der Waals surface area contributed by atoms with Gasteiger partial charge in [-0.2, -0.15) is 5.10 Å². The molecule has 0 saturated carbocycles. The van der Waals surface area contributed by atoms with E-state index >= 15 is 0 Å². The first-order valence-electron chi connectivity index (χ1n) is 8.62. The van der Waals surface area contributed by atoms with Crippen molar-refractivity contribution in [3.05, 3.63) is 59.7 Å². The van der Waals surface area contributed by atoms with Crippen molar-refractivity contribution < 1.29 is 9.90 Å². The van der Waals surface area contributed by atoms with Crippen LogP contribution in [0.25, 0.3) is 0 Å². The van der Waals surface area contributed by atoms with Crippen molar-refractivity contribution in [2.75, 3.05) is 18.0 Å². The van der Waals surface area contributed by atoms with Gasteiger partial charge in [0, 0.05) is 18.8 Å². The number of benzene rings is 2. The zero-order valence-electron chi connectivity index (χ0n) is 14.8. The van der Waals surface area contributed by atoms with Crippen molar-refractivity contribution in [1.82, 2.24) is 5.43 Å². The van der Waals surface area contributed by atoms with E-state index in [1.807, 2.05) is 12.1 Å². The molecule has 25 heavy (non-hydrogen) atoms. The number of amides is 1. The minimum absolute atomic E-state index is 0.0634. The van der Waals surface area contributed by atoms with E-state index in [-0.39, 0.29) is 11.3 Å². The smallest absolute Gasteiger partial charge is 0.275 e. The standard InChI is InChI=1S/C20H25N3O2/c1-3-13-23(14-4-2)17-11-9-16(10-12-17)15-21-22-20(25)18-7-5-6-8-19(18)24/h5-12,15,24H,3-4,13-14H2,1-2H3,(H,22,25)/b21-15-. The lowest BCUT2D eigenvalue weighted by Gasteiger charge is -2.23. The third kappa shape index (κ3) is 5.35. The molecule has 0 bridgehead atoms. The molecule has 2 N–H and O–H groups in total. The normalized spacial score (nSPS) is 10.8. The Morgan fingerprint density at radius 1 is 1.08 bits per heavy atom. The largest absolute Gasteiger partial charge is 0.507 e. The monoisotopic (exact) mass is 339 g/mol. The molecule has 2 rings (SSSR count). The van der Waals surface area contributed by atoms with E-state index in [0.29, 0.717) is 0 Å². The van der Waals surface area contributed by atoms with E-state index in [1.54, 1.807) is 24.4 Å². The highest BCUT2D eigenvalue weighted by molar-refractivity contribution is 5.97. The number of carbonyl (C=O) groups is 1. The van der Waals surface area contributed by atoms with E-state index in [4.69, 9.17) is 0 Å². The maximum atomic E-state index is 12.0. The lowest BCUT2D eigenvalue weighted by Crippen LogP contribution is -2.24. The fraction of sp³-hybridized carbons (Fsp3) is 0.300. The van der Waals surface area contributed by atoms with Gasteiger partial charge in [0.25, 0.3) is 5.91 Å². The van der Waals surface area contributed by atoms with Gasteiger partial charge in [0.15, 0.2) is 0 Å². The molecule has 0 aliphatic rings. The highest BCUT2D eigenvalue weighted by atomic mass is 16.3. The Morgan fingerprint density at radius 2 is 1.72 bits per heavy atom. The lowest BCUT2D eigenvalue weighted by atomic mass is 10.2. The molecule has 0 aliphatic heterocycles. The summed E-state index contributed by atoms with van der Waals surface area (Å²) in [6, 6.07) is 14.5. The molecule has 0 aliphatic carbocycles. The van der Waals surface area contributed by atoms with Crippen LogP contribution in [0.3, 0.4) is 0 Å². The molecule has 132 valence electrons. The Kier molecular flexibility index (Phi) is 7.01. The lowest BCUT2D eigenvalue weighted by molar-refractivity contribution is 0.0952. The van der Waals surface area contributed by atoms with E-state index < -0.39 is 5.91 Å². The Hall–Kier alpha value is -2.82. The summed E-state index contributed by atoms with van der Waals surface area (Å²) < 4.78 is 0. The van der Waals surface area contributed by atoms with Crippen molar-refractivity contribution in [2.45, 2.75) is 26.7 Å². The summed E-state index contributed by atoms with van der Waals surface area (Å²) in [6.07, 6.45) is 3.81. The van der Waals surface area contributed by atoms with Crippen molar-refractivity contribution in [2.24, 2.45) is 5.10 Å². The van der Waals surface area contributed by atoms with E-state index in [0.717, 1.165) is 31.5 Å². The van der Waals surface area contributed by atoms with Gasteiger partial charge >= 0.3 is 0 Å². The predicted molar refractivity (Wildman–Crippen MR) is 102 cm³/mol. The quantitative estimate of drug-likeness (QED) is 0.568. The molecule has 5 heteroatoms. The molecular formula is C20H25N3O2. The summed E-state index contributed by atoms with van der Waals surface area (Å²) in [5, 5.41) is 13.6. The first-order valence-corrected chi connectivity index (χ1v) is 8.62. The number of para-hydroxylation sites is 1. The molecule has 0 unspecified atom stereocenters. The summed E-state index contributed by atoms with van der Waals surface area (Å²) in [6.45, 7) is 6.43. The third-order valence-electron chi connectivity index (χ3n) is 3.77. The van der Waals surface area contributed by atoms with Crippen LogP contribution < -0.4 is 10.3 Å². The summed E-state index contributed by atoms with van der Waals surface area (Å²) in [4.78, 5) is 14.3. The number of nitrogens with zero attached hydrogens (tertiary/aromatic N) is 2. The highest BCUT2D eigenvalue weighted by Gasteiger charge is 2.08. The van der Waals surface area contributed by atoms with Gasteiger partial charge in [0.1, 0.15) is 5.75 Å². The molecule has 5 nitrogen and oxygen atoms in total. The van der Waals surface area contributed by atoms with Crippen molar-refractivity contribution in [3.63, 3.8) is 0 Å². The maximum absolute atomic E-state index is 12.0. The second-order valence-electron chi connectivity index (χ2n) is 5.79. The van der Waals surface area contributed by atoms with Crippen molar-refractivity contribution in [1.29, 1.82) is 0 Å². The minimum Gasteiger partial charge on any atom is -0.507 e. The molecule has 0 aromatic heterocycles.